The van der Waals surface area contributed by atoms with Gasteiger partial charge in [0.05, 0.1) is 0 Å². The van der Waals surface area contributed by atoms with Gasteiger partial charge in [-0.15, -0.1) is 0 Å². The monoisotopic (exact) mass is 176 g/mol. The van der Waals surface area contributed by atoms with E-state index in [0.717, 1.165) is 6.61 Å². The van der Waals surface area contributed by atoms with Crippen LogP contribution >= 0.6 is 0 Å². The van der Waals surface area contributed by atoms with Crippen LogP contribution in [-0.2, 0) is 9.47 Å². The van der Waals surface area contributed by atoms with Gasteiger partial charge in [0.1, 0.15) is 0 Å². The highest BCUT2D eigenvalue weighted by atomic mass is 19.4. The van der Waals surface area contributed by atoms with Gasteiger partial charge in [0.25, 0.3) is 0 Å². The molecule has 1 heterocycles. The lowest BCUT2D eigenvalue weighted by Gasteiger charge is -1.78. The summed E-state index contributed by atoms with van der Waals surface area (Å²) in [5, 5.41) is 0. The Labute approximate surface area is 61.1 Å². The summed E-state index contributed by atoms with van der Waals surface area (Å²) in [5.41, 5.74) is 0. The summed E-state index contributed by atoms with van der Waals surface area (Å²) < 4.78 is 50.9. The van der Waals surface area contributed by atoms with Crippen molar-refractivity contribution in [2.24, 2.45) is 0 Å². The number of rotatable bonds is 1. The van der Waals surface area contributed by atoms with E-state index in [2.05, 4.69) is 9.47 Å². The summed E-state index contributed by atoms with van der Waals surface area (Å²) in [4.78, 5) is 0. The Kier molecular flexibility index (Phi) is 3.25. The van der Waals surface area contributed by atoms with Gasteiger partial charge < -0.3 is 4.74 Å². The molecule has 0 aromatic rings. The summed E-state index contributed by atoms with van der Waals surface area (Å²) in [6.07, 6.45) is -8.38. The van der Waals surface area contributed by atoms with Gasteiger partial charge in [0, 0.05) is 13.7 Å². The van der Waals surface area contributed by atoms with Crippen LogP contribution in [0.15, 0.2) is 0 Å². The molecule has 6 heteroatoms. The van der Waals surface area contributed by atoms with Crippen LogP contribution < -0.4 is 0 Å². The largest absolute Gasteiger partial charge is 0.453 e. The van der Waals surface area contributed by atoms with Gasteiger partial charge >= 0.3 is 12.2 Å². The first kappa shape index (κ1) is 10.6. The van der Waals surface area contributed by atoms with Crippen molar-refractivity contribution in [2.45, 2.75) is 19.1 Å². The fraction of sp³-hybridized carbons (Fsp3) is 1.00. The first-order valence-electron chi connectivity index (χ1n) is 2.82. The number of hydrogen-bond donors (Lipinski definition) is 0. The topological polar surface area (TPSA) is 21.8 Å². The zero-order chi connectivity index (χ0) is 9.12. The maximum atomic E-state index is 10.9. The number of epoxide rings is 1. The van der Waals surface area contributed by atoms with Crippen LogP contribution in [0, 0.1) is 0 Å². The van der Waals surface area contributed by atoms with Crippen molar-refractivity contribution in [3.05, 3.63) is 0 Å². The Morgan fingerprint density at radius 2 is 1.36 bits per heavy atom. The van der Waals surface area contributed by atoms with Crippen molar-refractivity contribution in [1.82, 2.24) is 0 Å². The number of alkyl halides is 4. The normalized spacial score (nSPS) is 23.5. The van der Waals surface area contributed by atoms with Crippen LogP contribution in [0.4, 0.5) is 17.6 Å². The first-order valence-corrected chi connectivity index (χ1v) is 2.82. The first-order chi connectivity index (χ1) is 4.87. The Morgan fingerprint density at radius 1 is 1.18 bits per heavy atom. The third kappa shape index (κ3) is 3.02. The van der Waals surface area contributed by atoms with E-state index < -0.39 is 12.2 Å². The fourth-order valence-corrected chi connectivity index (χ4v) is 0.135. The van der Waals surface area contributed by atoms with Crippen LogP contribution in [0.5, 0.6) is 0 Å². The molecule has 1 rings (SSSR count). The molecule has 68 valence electrons. The van der Waals surface area contributed by atoms with Gasteiger partial charge in [-0.1, -0.05) is 0 Å². The zero-order valence-electron chi connectivity index (χ0n) is 6.04. The molecule has 1 fully saturated rings. The van der Waals surface area contributed by atoms with Gasteiger partial charge in [-0.05, 0) is 6.92 Å². The molecule has 1 saturated heterocycles. The molecular weight excluding hydrogens is 168 g/mol. The zero-order valence-corrected chi connectivity index (χ0v) is 6.04. The Hall–Kier alpha value is -0.360. The highest BCUT2D eigenvalue weighted by Gasteiger charge is 2.79. The van der Waals surface area contributed by atoms with E-state index >= 15 is 0 Å². The lowest BCUT2D eigenvalue weighted by molar-refractivity contribution is -0.0278. The second-order valence-corrected chi connectivity index (χ2v) is 1.71. The van der Waals surface area contributed by atoms with Crippen LogP contribution in [0.25, 0.3) is 0 Å². The third-order valence-electron chi connectivity index (χ3n) is 0.842. The van der Waals surface area contributed by atoms with E-state index in [1.54, 1.807) is 7.11 Å². The molecule has 0 aliphatic carbocycles. The molecule has 0 aromatic heterocycles. The molecule has 0 radical (unpaired) electrons. The average molecular weight is 176 g/mol. The van der Waals surface area contributed by atoms with Crippen molar-refractivity contribution >= 4 is 0 Å². The highest BCUT2D eigenvalue weighted by Crippen LogP contribution is 2.52. The van der Waals surface area contributed by atoms with Crippen molar-refractivity contribution in [1.29, 1.82) is 0 Å². The van der Waals surface area contributed by atoms with Gasteiger partial charge in [-0.2, -0.15) is 17.6 Å². The molecule has 11 heavy (non-hydrogen) atoms. The van der Waals surface area contributed by atoms with Crippen LogP contribution in [-0.4, -0.2) is 25.9 Å². The van der Waals surface area contributed by atoms with Crippen LogP contribution in [0.2, 0.25) is 0 Å². The van der Waals surface area contributed by atoms with Crippen molar-refractivity contribution in [3.8, 4) is 0 Å². The predicted molar refractivity (Wildman–Crippen MR) is 28.5 cm³/mol. The Bertz CT molecular complexity index is 112. The number of halogens is 4. The highest BCUT2D eigenvalue weighted by molar-refractivity contribution is 4.81. The summed E-state index contributed by atoms with van der Waals surface area (Å²) in [6, 6.07) is 0. The summed E-state index contributed by atoms with van der Waals surface area (Å²) >= 11 is 0. The van der Waals surface area contributed by atoms with Gasteiger partial charge in [0.15, 0.2) is 0 Å². The summed E-state index contributed by atoms with van der Waals surface area (Å²) in [5.74, 6) is 0. The molecule has 2 nitrogen and oxygen atoms in total. The molecule has 0 unspecified atom stereocenters. The molecule has 1 aliphatic rings. The maximum absolute atomic E-state index is 10.9. The van der Waals surface area contributed by atoms with Gasteiger partial charge in [-0.25, -0.2) is 4.74 Å². The smallest absolute Gasteiger partial charge is 0.385 e. The minimum atomic E-state index is -4.19. The molecule has 0 spiro atoms. The van der Waals surface area contributed by atoms with Gasteiger partial charge in [-0.3, -0.25) is 0 Å². The number of ether oxygens (including phenoxy) is 2. The summed E-state index contributed by atoms with van der Waals surface area (Å²) in [6.45, 7) is 2.78. The van der Waals surface area contributed by atoms with E-state index in [1.165, 1.54) is 0 Å². The van der Waals surface area contributed by atoms with E-state index in [0.29, 0.717) is 0 Å². The lowest BCUT2D eigenvalue weighted by atomic mass is 10.8. The molecule has 0 amide bonds. The quantitative estimate of drug-likeness (QED) is 0.449. The number of hydrogen-bond acceptors (Lipinski definition) is 2. The standard InChI is InChI=1S/C3H8O.C2F4O/c1-3-4-2;3-1(4)2(5,6)7-1/h3H2,1-2H3;. The summed E-state index contributed by atoms with van der Waals surface area (Å²) in [7, 11) is 1.68. The maximum Gasteiger partial charge on any atom is 0.453 e. The van der Waals surface area contributed by atoms with E-state index in [9.17, 15) is 17.6 Å². The molecule has 0 atom stereocenters. The third-order valence-corrected chi connectivity index (χ3v) is 0.842. The predicted octanol–water partition coefficient (Wildman–Crippen LogP) is 1.85. The Balaban J connectivity index is 0.000000218. The van der Waals surface area contributed by atoms with Crippen molar-refractivity contribution in [3.63, 3.8) is 0 Å². The van der Waals surface area contributed by atoms with Crippen LogP contribution in [0.3, 0.4) is 0 Å². The molecule has 0 bridgehead atoms. The SMILES string of the molecule is CCOC.FC1(F)OC1(F)F. The average Bonchev–Trinajstić information content (AvgIpc) is 2.30. The second kappa shape index (κ2) is 3.36. The van der Waals surface area contributed by atoms with Gasteiger partial charge in [0.2, 0.25) is 0 Å². The molecule has 0 saturated carbocycles. The van der Waals surface area contributed by atoms with Crippen molar-refractivity contribution in [2.75, 3.05) is 13.7 Å². The fourth-order valence-electron chi connectivity index (χ4n) is 0.135. The molecular formula is C5H8F4O2. The Morgan fingerprint density at radius 3 is 1.36 bits per heavy atom. The minimum Gasteiger partial charge on any atom is -0.385 e. The second-order valence-electron chi connectivity index (χ2n) is 1.71. The number of methoxy groups -OCH3 is 1. The molecule has 1 aliphatic heterocycles. The van der Waals surface area contributed by atoms with Crippen LogP contribution in [0.1, 0.15) is 6.92 Å². The van der Waals surface area contributed by atoms with E-state index in [1.807, 2.05) is 6.92 Å². The minimum absolute atomic E-state index is 0.819. The molecule has 0 aromatic carbocycles. The molecule has 0 N–H and O–H groups in total. The lowest BCUT2D eigenvalue weighted by Crippen LogP contribution is -2.02. The van der Waals surface area contributed by atoms with E-state index in [-0.39, 0.29) is 0 Å². The van der Waals surface area contributed by atoms with Crippen molar-refractivity contribution < 1.29 is 27.0 Å². The van der Waals surface area contributed by atoms with E-state index in [4.69, 9.17) is 0 Å².